The van der Waals surface area contributed by atoms with Crippen molar-refractivity contribution in [3.8, 4) is 0 Å². The SMILES string of the molecule is CNc1c(Cl)cccc1C(C)C. The van der Waals surface area contributed by atoms with E-state index in [4.69, 9.17) is 11.6 Å². The van der Waals surface area contributed by atoms with E-state index in [0.717, 1.165) is 10.7 Å². The van der Waals surface area contributed by atoms with Crippen LogP contribution >= 0.6 is 11.6 Å². The highest BCUT2D eigenvalue weighted by Gasteiger charge is 2.07. The van der Waals surface area contributed by atoms with Crippen molar-refractivity contribution in [2.24, 2.45) is 0 Å². The third-order valence-electron chi connectivity index (χ3n) is 1.92. The first kappa shape index (κ1) is 9.40. The van der Waals surface area contributed by atoms with Crippen molar-refractivity contribution in [2.45, 2.75) is 19.8 Å². The van der Waals surface area contributed by atoms with Crippen molar-refractivity contribution >= 4 is 17.3 Å². The Hall–Kier alpha value is -0.690. The van der Waals surface area contributed by atoms with E-state index >= 15 is 0 Å². The zero-order valence-electron chi connectivity index (χ0n) is 7.69. The van der Waals surface area contributed by atoms with E-state index in [0.29, 0.717) is 5.92 Å². The van der Waals surface area contributed by atoms with Crippen LogP contribution in [0.4, 0.5) is 5.69 Å². The molecule has 0 fully saturated rings. The second-order valence-electron chi connectivity index (χ2n) is 3.11. The minimum atomic E-state index is 0.506. The molecule has 0 bridgehead atoms. The van der Waals surface area contributed by atoms with Gasteiger partial charge in [0.25, 0.3) is 0 Å². The van der Waals surface area contributed by atoms with Crippen LogP contribution in [0.3, 0.4) is 0 Å². The van der Waals surface area contributed by atoms with Gasteiger partial charge in [-0.2, -0.15) is 0 Å². The van der Waals surface area contributed by atoms with Gasteiger partial charge in [0, 0.05) is 7.05 Å². The Morgan fingerprint density at radius 1 is 1.33 bits per heavy atom. The average Bonchev–Trinajstić information content (AvgIpc) is 2.03. The molecule has 0 aliphatic heterocycles. The molecule has 0 aliphatic carbocycles. The largest absolute Gasteiger partial charge is 0.387 e. The van der Waals surface area contributed by atoms with Crippen LogP contribution in [0.1, 0.15) is 25.3 Å². The fourth-order valence-electron chi connectivity index (χ4n) is 1.29. The fraction of sp³-hybridized carbons (Fsp3) is 0.400. The van der Waals surface area contributed by atoms with Crippen molar-refractivity contribution in [1.82, 2.24) is 0 Å². The first-order chi connectivity index (χ1) is 5.66. The number of nitrogens with one attached hydrogen (secondary N) is 1. The Kier molecular flexibility index (Phi) is 2.99. The standard InChI is InChI=1S/C10H14ClN/c1-7(2)8-5-4-6-9(11)10(8)12-3/h4-7,12H,1-3H3. The third kappa shape index (κ3) is 1.72. The zero-order valence-corrected chi connectivity index (χ0v) is 8.44. The van der Waals surface area contributed by atoms with Crippen LogP contribution in [0, 0.1) is 0 Å². The highest BCUT2D eigenvalue weighted by Crippen LogP contribution is 2.30. The molecule has 1 N–H and O–H groups in total. The molecule has 1 aromatic rings. The van der Waals surface area contributed by atoms with Gasteiger partial charge in [-0.3, -0.25) is 0 Å². The summed E-state index contributed by atoms with van der Waals surface area (Å²) in [5, 5.41) is 3.91. The van der Waals surface area contributed by atoms with Gasteiger partial charge in [-0.1, -0.05) is 37.6 Å². The van der Waals surface area contributed by atoms with Crippen molar-refractivity contribution in [3.05, 3.63) is 28.8 Å². The van der Waals surface area contributed by atoms with Crippen LogP contribution in [0.2, 0.25) is 5.02 Å². The molecule has 1 rings (SSSR count). The van der Waals surface area contributed by atoms with Crippen LogP contribution in [0.15, 0.2) is 18.2 Å². The van der Waals surface area contributed by atoms with E-state index < -0.39 is 0 Å². The summed E-state index contributed by atoms with van der Waals surface area (Å²) < 4.78 is 0. The molecular formula is C10H14ClN. The molecule has 0 saturated heterocycles. The Bertz CT molecular complexity index is 269. The minimum absolute atomic E-state index is 0.506. The molecule has 0 saturated carbocycles. The Labute approximate surface area is 78.7 Å². The molecule has 0 radical (unpaired) electrons. The summed E-state index contributed by atoms with van der Waals surface area (Å²) in [6, 6.07) is 5.99. The molecule has 0 unspecified atom stereocenters. The van der Waals surface area contributed by atoms with Crippen molar-refractivity contribution < 1.29 is 0 Å². The molecule has 1 nitrogen and oxygen atoms in total. The molecule has 66 valence electrons. The topological polar surface area (TPSA) is 12.0 Å². The number of para-hydroxylation sites is 1. The predicted octanol–water partition coefficient (Wildman–Crippen LogP) is 3.51. The fourth-order valence-corrected chi connectivity index (χ4v) is 1.56. The van der Waals surface area contributed by atoms with Gasteiger partial charge >= 0.3 is 0 Å². The van der Waals surface area contributed by atoms with Crippen LogP contribution in [0.25, 0.3) is 0 Å². The van der Waals surface area contributed by atoms with Gasteiger partial charge in [0.2, 0.25) is 0 Å². The molecule has 0 spiro atoms. The first-order valence-corrected chi connectivity index (χ1v) is 4.50. The van der Waals surface area contributed by atoms with E-state index in [2.05, 4.69) is 25.2 Å². The molecule has 0 aromatic heterocycles. The van der Waals surface area contributed by atoms with Gasteiger partial charge in [-0.05, 0) is 17.5 Å². The maximum Gasteiger partial charge on any atom is 0.0640 e. The van der Waals surface area contributed by atoms with E-state index in [1.165, 1.54) is 5.56 Å². The average molecular weight is 184 g/mol. The summed E-state index contributed by atoms with van der Waals surface area (Å²) in [4.78, 5) is 0. The molecule has 0 atom stereocenters. The highest BCUT2D eigenvalue weighted by atomic mass is 35.5. The Balaban J connectivity index is 3.18. The number of hydrogen-bond acceptors (Lipinski definition) is 1. The van der Waals surface area contributed by atoms with Crippen LogP contribution in [-0.4, -0.2) is 7.05 Å². The Morgan fingerprint density at radius 2 is 2.00 bits per heavy atom. The lowest BCUT2D eigenvalue weighted by Crippen LogP contribution is -1.97. The molecule has 0 heterocycles. The van der Waals surface area contributed by atoms with E-state index in [1.54, 1.807) is 0 Å². The molecule has 0 amide bonds. The van der Waals surface area contributed by atoms with Gasteiger partial charge in [-0.25, -0.2) is 0 Å². The smallest absolute Gasteiger partial charge is 0.0640 e. The maximum absolute atomic E-state index is 6.01. The zero-order chi connectivity index (χ0) is 9.14. The number of benzene rings is 1. The second-order valence-corrected chi connectivity index (χ2v) is 3.52. The van der Waals surface area contributed by atoms with Gasteiger partial charge in [-0.15, -0.1) is 0 Å². The van der Waals surface area contributed by atoms with Gasteiger partial charge in [0.15, 0.2) is 0 Å². The first-order valence-electron chi connectivity index (χ1n) is 4.13. The van der Waals surface area contributed by atoms with E-state index in [-0.39, 0.29) is 0 Å². The minimum Gasteiger partial charge on any atom is -0.387 e. The molecule has 12 heavy (non-hydrogen) atoms. The summed E-state index contributed by atoms with van der Waals surface area (Å²) in [6.45, 7) is 4.32. The molecular weight excluding hydrogens is 170 g/mol. The second kappa shape index (κ2) is 3.81. The third-order valence-corrected chi connectivity index (χ3v) is 2.23. The van der Waals surface area contributed by atoms with Gasteiger partial charge in [0.1, 0.15) is 0 Å². The van der Waals surface area contributed by atoms with Crippen LogP contribution in [0.5, 0.6) is 0 Å². The van der Waals surface area contributed by atoms with E-state index in [1.807, 2.05) is 19.2 Å². The Morgan fingerprint density at radius 3 is 2.42 bits per heavy atom. The lowest BCUT2D eigenvalue weighted by molar-refractivity contribution is 0.868. The monoisotopic (exact) mass is 183 g/mol. The number of halogens is 1. The lowest BCUT2D eigenvalue weighted by Gasteiger charge is -2.13. The molecule has 0 aliphatic rings. The summed E-state index contributed by atoms with van der Waals surface area (Å²) in [7, 11) is 1.90. The van der Waals surface area contributed by atoms with Crippen molar-refractivity contribution in [2.75, 3.05) is 12.4 Å². The number of rotatable bonds is 2. The maximum atomic E-state index is 6.01. The predicted molar refractivity (Wildman–Crippen MR) is 55.1 cm³/mol. The number of anilines is 1. The quantitative estimate of drug-likeness (QED) is 0.740. The van der Waals surface area contributed by atoms with Crippen molar-refractivity contribution in [1.29, 1.82) is 0 Å². The lowest BCUT2D eigenvalue weighted by atomic mass is 10.0. The van der Waals surface area contributed by atoms with Gasteiger partial charge < -0.3 is 5.32 Å². The van der Waals surface area contributed by atoms with Crippen molar-refractivity contribution in [3.63, 3.8) is 0 Å². The summed E-state index contributed by atoms with van der Waals surface area (Å²) in [5.74, 6) is 0.506. The normalized spacial score (nSPS) is 10.4. The summed E-state index contributed by atoms with van der Waals surface area (Å²) in [6.07, 6.45) is 0. The van der Waals surface area contributed by atoms with E-state index in [9.17, 15) is 0 Å². The van der Waals surface area contributed by atoms with Crippen LogP contribution < -0.4 is 5.32 Å². The van der Waals surface area contributed by atoms with Crippen LogP contribution in [-0.2, 0) is 0 Å². The molecule has 1 aromatic carbocycles. The highest BCUT2D eigenvalue weighted by molar-refractivity contribution is 6.33. The summed E-state index contributed by atoms with van der Waals surface area (Å²) >= 11 is 6.01. The number of hydrogen-bond donors (Lipinski definition) is 1. The van der Waals surface area contributed by atoms with Gasteiger partial charge in [0.05, 0.1) is 10.7 Å². The summed E-state index contributed by atoms with van der Waals surface area (Å²) in [5.41, 5.74) is 2.32. The molecule has 2 heteroatoms.